The Balaban J connectivity index is 1.47. The van der Waals surface area contributed by atoms with Gasteiger partial charge in [0.25, 0.3) is 0 Å². The zero-order valence-electron chi connectivity index (χ0n) is 28.0. The summed E-state index contributed by atoms with van der Waals surface area (Å²) in [4.78, 5) is 29.8. The molecule has 0 N–H and O–H groups in total. The van der Waals surface area contributed by atoms with Gasteiger partial charge >= 0.3 is 11.4 Å². The molecule has 3 saturated carbocycles. The number of nitrogens with zero attached hydrogens (tertiary/aromatic N) is 3. The third-order valence-electron chi connectivity index (χ3n) is 14.3. The number of allylic oxidation sites excluding steroid dienone is 2. The van der Waals surface area contributed by atoms with Gasteiger partial charge < -0.3 is 4.43 Å². The lowest BCUT2D eigenvalue weighted by Gasteiger charge is -2.71. The molecular formula is C36H52IN3O3Si. The molecule has 4 aliphatic carbocycles. The predicted octanol–water partition coefficient (Wildman–Crippen LogP) is 7.87. The zero-order valence-corrected chi connectivity index (χ0v) is 31.2. The number of fused-ring (bicyclic) bond motifs is 1. The van der Waals surface area contributed by atoms with Gasteiger partial charge in [-0.15, -0.1) is 0 Å². The van der Waals surface area contributed by atoms with Gasteiger partial charge in [-0.1, -0.05) is 94.5 Å². The molecule has 0 saturated heterocycles. The van der Waals surface area contributed by atoms with Crippen molar-refractivity contribution < 1.29 is 4.43 Å². The molecule has 0 radical (unpaired) electrons. The van der Waals surface area contributed by atoms with E-state index in [0.29, 0.717) is 29.4 Å². The summed E-state index contributed by atoms with van der Waals surface area (Å²) in [5.74, 6) is 1.91. The minimum absolute atomic E-state index is 0.0592. The molecule has 240 valence electrons. The standard InChI is InChI=1S/C36H52IN3O3Si/c1-24(23-37)27-14-15-28-33(27,5)18-17-29-34(6)19-16-26(43-44(7,8)32(2,3)4)22-35(34)20-21-36(28,29)40-31(42)38(30(41)39(35)40)25-12-10-9-11-13-25/h9-13,20-21,24,26-29H,14-19,22-23H2,1-8H3/t24-,26?,27-,28-,29-,33-,34-,35-,36+/m1/s1. The highest BCUT2D eigenvalue weighted by Crippen LogP contribution is 2.74. The van der Waals surface area contributed by atoms with E-state index in [9.17, 15) is 9.59 Å². The molecule has 1 unspecified atom stereocenters. The fourth-order valence-electron chi connectivity index (χ4n) is 11.2. The number of hydrogen-bond donors (Lipinski definition) is 0. The Hall–Kier alpha value is -1.39. The summed E-state index contributed by atoms with van der Waals surface area (Å²) in [5.41, 5.74) is -0.786. The molecule has 2 aromatic rings. The van der Waals surface area contributed by atoms with Crippen LogP contribution in [0.2, 0.25) is 18.1 Å². The van der Waals surface area contributed by atoms with Crippen LogP contribution < -0.4 is 11.4 Å². The van der Waals surface area contributed by atoms with Crippen LogP contribution in [0.15, 0.2) is 52.1 Å². The van der Waals surface area contributed by atoms with E-state index in [-0.39, 0.29) is 33.4 Å². The highest BCUT2D eigenvalue weighted by molar-refractivity contribution is 14.1. The molecule has 9 atom stereocenters. The molecule has 2 aliphatic heterocycles. The van der Waals surface area contributed by atoms with Crippen molar-refractivity contribution in [3.05, 3.63) is 63.5 Å². The molecule has 8 rings (SSSR count). The summed E-state index contributed by atoms with van der Waals surface area (Å²) in [5, 5.41) is 0.104. The molecule has 6 nitrogen and oxygen atoms in total. The van der Waals surface area contributed by atoms with E-state index >= 15 is 0 Å². The first kappa shape index (κ1) is 31.2. The van der Waals surface area contributed by atoms with E-state index < -0.39 is 19.4 Å². The summed E-state index contributed by atoms with van der Waals surface area (Å²) in [7, 11) is -2.04. The number of benzene rings is 1. The lowest BCUT2D eigenvalue weighted by atomic mass is 9.40. The van der Waals surface area contributed by atoms with Crippen LogP contribution in [-0.2, 0) is 15.5 Å². The fraction of sp³-hybridized carbons (Fsp3) is 0.722. The van der Waals surface area contributed by atoms with E-state index in [4.69, 9.17) is 4.43 Å². The lowest BCUT2D eigenvalue weighted by Crippen LogP contribution is -2.76. The molecule has 8 heteroatoms. The van der Waals surface area contributed by atoms with E-state index in [1.807, 2.05) is 39.7 Å². The summed E-state index contributed by atoms with van der Waals surface area (Å²) < 4.78 is 13.8. The van der Waals surface area contributed by atoms with Crippen LogP contribution in [0.1, 0.15) is 86.5 Å². The number of hydrogen-bond acceptors (Lipinski definition) is 3. The third kappa shape index (κ3) is 3.73. The Morgan fingerprint density at radius 3 is 2.30 bits per heavy atom. The summed E-state index contributed by atoms with van der Waals surface area (Å²) in [6, 6.07) is 9.60. The normalized spacial score (nSPS) is 39.8. The highest BCUT2D eigenvalue weighted by atomic mass is 127. The number of para-hydroxylation sites is 1. The SMILES string of the molecule is C[C@H](CI)[C@H]1CC[C@@H]2[C@]1(C)CC[C@H]1[C@]23C=C[C@]2(CC(O[Si](C)(C)C(C)(C)C)CC[C@]12C)n1c(=O)n(-c2ccccc2)c(=O)n13. The van der Waals surface area contributed by atoms with Crippen molar-refractivity contribution in [3.8, 4) is 5.69 Å². The number of rotatable bonds is 5. The maximum absolute atomic E-state index is 14.9. The van der Waals surface area contributed by atoms with Gasteiger partial charge in [-0.2, -0.15) is 0 Å². The maximum atomic E-state index is 14.9. The minimum atomic E-state index is -2.04. The summed E-state index contributed by atoms with van der Waals surface area (Å²) >= 11 is 2.57. The summed E-state index contributed by atoms with van der Waals surface area (Å²) in [6.45, 7) is 19.0. The van der Waals surface area contributed by atoms with Gasteiger partial charge in [-0.05, 0) is 97.9 Å². The first-order valence-corrected chi connectivity index (χ1v) is 21.5. The van der Waals surface area contributed by atoms with E-state index in [1.165, 1.54) is 17.4 Å². The third-order valence-corrected chi connectivity index (χ3v) is 20.2. The number of halogens is 1. The first-order valence-electron chi connectivity index (χ1n) is 17.1. The van der Waals surface area contributed by atoms with Gasteiger partial charge in [0.05, 0.1) is 16.8 Å². The van der Waals surface area contributed by atoms with Gasteiger partial charge in [0.15, 0.2) is 8.32 Å². The van der Waals surface area contributed by atoms with Crippen LogP contribution in [0.3, 0.4) is 0 Å². The van der Waals surface area contributed by atoms with Crippen LogP contribution in [0.5, 0.6) is 0 Å². The van der Waals surface area contributed by atoms with Crippen LogP contribution >= 0.6 is 22.6 Å². The number of aromatic nitrogens is 3. The van der Waals surface area contributed by atoms with Crippen LogP contribution in [0.25, 0.3) is 5.69 Å². The van der Waals surface area contributed by atoms with Crippen molar-refractivity contribution in [1.82, 2.24) is 13.9 Å². The zero-order chi connectivity index (χ0) is 31.7. The monoisotopic (exact) mass is 729 g/mol. The van der Waals surface area contributed by atoms with E-state index in [1.54, 1.807) is 0 Å². The second-order valence-corrected chi connectivity index (χ2v) is 22.8. The van der Waals surface area contributed by atoms with E-state index in [2.05, 4.69) is 89.4 Å². The maximum Gasteiger partial charge on any atom is 0.352 e. The summed E-state index contributed by atoms with van der Waals surface area (Å²) in [6.07, 6.45) is 12.3. The smallest absolute Gasteiger partial charge is 0.352 e. The van der Waals surface area contributed by atoms with E-state index in [0.717, 1.165) is 36.5 Å². The van der Waals surface area contributed by atoms with Crippen molar-refractivity contribution in [3.63, 3.8) is 0 Å². The Labute approximate surface area is 277 Å². The average Bonchev–Trinajstić information content (AvgIpc) is 3.47. The topological polar surface area (TPSA) is 58.2 Å². The fourth-order valence-corrected chi connectivity index (χ4v) is 13.2. The van der Waals surface area contributed by atoms with Gasteiger partial charge in [-0.25, -0.2) is 23.5 Å². The van der Waals surface area contributed by atoms with Gasteiger partial charge in [-0.3, -0.25) is 0 Å². The van der Waals surface area contributed by atoms with Crippen LogP contribution in [0.4, 0.5) is 0 Å². The Bertz CT molecular complexity index is 1620. The first-order chi connectivity index (χ1) is 20.6. The second kappa shape index (κ2) is 9.81. The van der Waals surface area contributed by atoms with Crippen molar-refractivity contribution in [2.45, 2.75) is 122 Å². The molecule has 3 heterocycles. The molecule has 44 heavy (non-hydrogen) atoms. The Morgan fingerprint density at radius 1 is 0.955 bits per heavy atom. The average molecular weight is 730 g/mol. The van der Waals surface area contributed by atoms with Gasteiger partial charge in [0.1, 0.15) is 0 Å². The van der Waals surface area contributed by atoms with Crippen LogP contribution in [-0.4, -0.2) is 32.8 Å². The van der Waals surface area contributed by atoms with Gasteiger partial charge in [0.2, 0.25) is 0 Å². The molecule has 3 fully saturated rings. The van der Waals surface area contributed by atoms with Crippen molar-refractivity contribution in [1.29, 1.82) is 0 Å². The van der Waals surface area contributed by atoms with Crippen molar-refractivity contribution in [2.24, 2.45) is 34.5 Å². The minimum Gasteiger partial charge on any atom is -0.414 e. The molecule has 6 aliphatic rings. The molecule has 2 bridgehead atoms. The van der Waals surface area contributed by atoms with Crippen molar-refractivity contribution in [2.75, 3.05) is 4.43 Å². The Morgan fingerprint density at radius 2 is 1.64 bits per heavy atom. The highest BCUT2D eigenvalue weighted by Gasteiger charge is 2.75. The van der Waals surface area contributed by atoms with Crippen LogP contribution in [0, 0.1) is 34.5 Å². The van der Waals surface area contributed by atoms with Crippen molar-refractivity contribution >= 4 is 30.9 Å². The molecular weight excluding hydrogens is 677 g/mol. The van der Waals surface area contributed by atoms with Gasteiger partial charge in [0, 0.05) is 22.4 Å². The predicted molar refractivity (Wildman–Crippen MR) is 189 cm³/mol. The number of alkyl halides is 1. The quantitative estimate of drug-likeness (QED) is 0.136. The molecule has 2 spiro atoms. The molecule has 0 amide bonds. The largest absolute Gasteiger partial charge is 0.414 e. The lowest BCUT2D eigenvalue weighted by molar-refractivity contribution is -0.198. The molecule has 1 aromatic heterocycles. The Kier molecular flexibility index (Phi) is 6.96. The second-order valence-electron chi connectivity index (χ2n) is 17.1. The molecule has 1 aromatic carbocycles.